The van der Waals surface area contributed by atoms with Gasteiger partial charge in [-0.15, -0.1) is 23.1 Å². The molecule has 0 saturated carbocycles. The van der Waals surface area contributed by atoms with Crippen LogP contribution in [0, 0.1) is 0 Å². The average molecular weight is 441 g/mol. The molecule has 29 heavy (non-hydrogen) atoms. The zero-order valence-corrected chi connectivity index (χ0v) is 16.7. The van der Waals surface area contributed by atoms with Crippen LogP contribution in [0.2, 0.25) is 0 Å². The molecule has 0 spiro atoms. The van der Waals surface area contributed by atoms with Crippen LogP contribution >= 0.6 is 23.1 Å². The third-order valence-electron chi connectivity index (χ3n) is 3.85. The van der Waals surface area contributed by atoms with Crippen LogP contribution in [0.4, 0.5) is 5.13 Å². The topological polar surface area (TPSA) is 174 Å². The van der Waals surface area contributed by atoms with Crippen LogP contribution in [0.5, 0.6) is 0 Å². The summed E-state index contributed by atoms with van der Waals surface area (Å²) >= 11 is 2.25. The third kappa shape index (κ3) is 3.88. The van der Waals surface area contributed by atoms with Gasteiger partial charge < -0.3 is 25.7 Å². The molecule has 2 atom stereocenters. The highest BCUT2D eigenvalue weighted by molar-refractivity contribution is 8.00. The first-order chi connectivity index (χ1) is 13.7. The molecule has 0 radical (unpaired) electrons. The van der Waals surface area contributed by atoms with E-state index in [1.54, 1.807) is 0 Å². The molecule has 1 saturated heterocycles. The maximum atomic E-state index is 12.6. The van der Waals surface area contributed by atoms with Crippen LogP contribution in [0.25, 0.3) is 0 Å². The normalized spacial score (nSPS) is 21.2. The molecular weight excluding hydrogens is 426 g/mol. The smallest absolute Gasteiger partial charge is 0.356 e. The van der Waals surface area contributed by atoms with E-state index in [1.807, 2.05) is 0 Å². The van der Waals surface area contributed by atoms with Gasteiger partial charge in [-0.2, -0.15) is 0 Å². The number of thioether (sulfide) groups is 1. The van der Waals surface area contributed by atoms with Gasteiger partial charge in [-0.1, -0.05) is 5.16 Å². The van der Waals surface area contributed by atoms with Crippen molar-refractivity contribution in [3.05, 3.63) is 22.5 Å². The van der Waals surface area contributed by atoms with Gasteiger partial charge in [0.15, 0.2) is 16.5 Å². The molecule has 0 unspecified atom stereocenters. The number of amides is 2. The molecule has 2 aliphatic rings. The molecule has 154 valence electrons. The zero-order valence-electron chi connectivity index (χ0n) is 15.1. The van der Waals surface area contributed by atoms with Crippen molar-refractivity contribution in [1.29, 1.82) is 0 Å². The summed E-state index contributed by atoms with van der Waals surface area (Å²) < 4.78 is 4.92. The first-order valence-electron chi connectivity index (χ1n) is 7.97. The Labute approximate surface area is 171 Å². The minimum absolute atomic E-state index is 0.0453. The van der Waals surface area contributed by atoms with Gasteiger partial charge in [0, 0.05) is 12.3 Å². The highest BCUT2D eigenvalue weighted by Gasteiger charge is 2.55. The fourth-order valence-electron chi connectivity index (χ4n) is 2.74. The number of nitrogens with zero attached hydrogens (tertiary/aromatic N) is 3. The number of nitrogen functional groups attached to an aromatic ring is 1. The predicted octanol–water partition coefficient (Wildman–Crippen LogP) is -0.665. The van der Waals surface area contributed by atoms with Gasteiger partial charge >= 0.3 is 11.9 Å². The van der Waals surface area contributed by atoms with Gasteiger partial charge in [-0.05, 0) is 0 Å². The van der Waals surface area contributed by atoms with Crippen LogP contribution in [0.3, 0.4) is 0 Å². The van der Waals surface area contributed by atoms with Crippen molar-refractivity contribution < 1.29 is 33.9 Å². The molecule has 1 aromatic rings. The van der Waals surface area contributed by atoms with Crippen LogP contribution in [-0.2, 0) is 28.8 Å². The van der Waals surface area contributed by atoms with E-state index in [4.69, 9.17) is 10.5 Å². The Bertz CT molecular complexity index is 957. The molecule has 0 aromatic carbocycles. The fourth-order valence-corrected chi connectivity index (χ4v) is 4.55. The Morgan fingerprint density at radius 3 is 2.72 bits per heavy atom. The summed E-state index contributed by atoms with van der Waals surface area (Å²) in [4.78, 5) is 57.6. The molecule has 14 heteroatoms. The lowest BCUT2D eigenvalue weighted by Gasteiger charge is -2.48. The van der Waals surface area contributed by atoms with E-state index in [2.05, 4.69) is 20.3 Å². The second-order valence-electron chi connectivity index (χ2n) is 5.72. The number of anilines is 1. The number of carboxylic acids is 1. The summed E-state index contributed by atoms with van der Waals surface area (Å²) in [7, 11) is 1.25. The SMILES string of the molecule is CON=C(C(=O)N[C@@H]1C(=O)N2C(C(=O)O)=C(OC(C)=O)CS[C@@H]12)c1csc(N)n1. The van der Waals surface area contributed by atoms with Crippen molar-refractivity contribution in [2.75, 3.05) is 18.6 Å². The largest absolute Gasteiger partial charge is 0.476 e. The molecule has 2 aliphatic heterocycles. The molecule has 4 N–H and O–H groups in total. The Morgan fingerprint density at radius 2 is 2.17 bits per heavy atom. The second kappa shape index (κ2) is 8.08. The average Bonchev–Trinajstić information content (AvgIpc) is 3.08. The number of nitrogens with two attached hydrogens (primary N) is 1. The van der Waals surface area contributed by atoms with Gasteiger partial charge in [0.05, 0.1) is 5.75 Å². The molecule has 1 aromatic heterocycles. The lowest BCUT2D eigenvalue weighted by Crippen LogP contribution is -2.71. The van der Waals surface area contributed by atoms with Gasteiger partial charge in [0.1, 0.15) is 30.0 Å². The number of oxime groups is 1. The van der Waals surface area contributed by atoms with E-state index in [1.165, 1.54) is 12.5 Å². The highest BCUT2D eigenvalue weighted by atomic mass is 32.2. The molecule has 3 rings (SSSR count). The van der Waals surface area contributed by atoms with E-state index in [0.717, 1.165) is 34.9 Å². The molecule has 0 bridgehead atoms. The summed E-state index contributed by atoms with van der Waals surface area (Å²) in [6, 6.07) is -1.00. The number of hydrogen-bond donors (Lipinski definition) is 3. The van der Waals surface area contributed by atoms with Crippen molar-refractivity contribution in [2.24, 2.45) is 5.16 Å². The van der Waals surface area contributed by atoms with Crippen molar-refractivity contribution in [3.63, 3.8) is 0 Å². The number of aromatic nitrogens is 1. The number of thiazole rings is 1. The van der Waals surface area contributed by atoms with E-state index in [-0.39, 0.29) is 28.0 Å². The van der Waals surface area contributed by atoms with E-state index in [9.17, 15) is 24.3 Å². The number of esters is 1. The summed E-state index contributed by atoms with van der Waals surface area (Å²) in [5.41, 5.74) is 5.15. The summed E-state index contributed by atoms with van der Waals surface area (Å²) in [6.07, 6.45) is 0. The predicted molar refractivity (Wildman–Crippen MR) is 102 cm³/mol. The number of hydrogen-bond acceptors (Lipinski definition) is 11. The van der Waals surface area contributed by atoms with Gasteiger partial charge in [-0.3, -0.25) is 19.3 Å². The number of β-lactam (4-membered cyclic amide) rings is 1. The number of ether oxygens (including phenoxy) is 1. The number of carboxylic acid groups (broad SMARTS) is 1. The maximum Gasteiger partial charge on any atom is 0.356 e. The number of rotatable bonds is 6. The Morgan fingerprint density at radius 1 is 1.45 bits per heavy atom. The summed E-state index contributed by atoms with van der Waals surface area (Å²) in [5.74, 6) is -3.58. The van der Waals surface area contributed by atoms with E-state index >= 15 is 0 Å². The van der Waals surface area contributed by atoms with Crippen LogP contribution in [-0.4, -0.2) is 68.7 Å². The van der Waals surface area contributed by atoms with Crippen molar-refractivity contribution in [3.8, 4) is 0 Å². The fraction of sp³-hybridized carbons (Fsp3) is 0.333. The first kappa shape index (κ1) is 20.6. The quantitative estimate of drug-likeness (QED) is 0.222. The zero-order chi connectivity index (χ0) is 21.3. The van der Waals surface area contributed by atoms with E-state index < -0.39 is 40.9 Å². The van der Waals surface area contributed by atoms with Gasteiger partial charge in [-0.25, -0.2) is 9.78 Å². The lowest BCUT2D eigenvalue weighted by molar-refractivity contribution is -0.151. The monoisotopic (exact) mass is 441 g/mol. The second-order valence-corrected chi connectivity index (χ2v) is 7.72. The van der Waals surface area contributed by atoms with Crippen molar-refractivity contribution >= 4 is 57.7 Å². The minimum Gasteiger partial charge on any atom is -0.476 e. The lowest BCUT2D eigenvalue weighted by atomic mass is 10.0. The van der Waals surface area contributed by atoms with Crippen LogP contribution in [0.15, 0.2) is 22.0 Å². The Kier molecular flexibility index (Phi) is 5.74. The number of fused-ring (bicyclic) bond motifs is 1. The standard InChI is InChI=1S/C15H15N5O7S2/c1-5(21)27-7-4-28-13-9(12(23)20(13)10(7)14(24)25)18-11(22)8(19-26-2)6-3-29-15(16)17-6/h3,9,13H,4H2,1-2H3,(H2,16,17)(H,18,22)(H,24,25)/t9-,13+/m1/s1. The Balaban J connectivity index is 1.80. The van der Waals surface area contributed by atoms with Crippen LogP contribution in [0.1, 0.15) is 12.6 Å². The molecule has 3 heterocycles. The summed E-state index contributed by atoms with van der Waals surface area (Å²) in [5, 5.41) is 16.6. The number of nitrogens with one attached hydrogen (secondary N) is 1. The first-order valence-corrected chi connectivity index (χ1v) is 9.90. The highest BCUT2D eigenvalue weighted by Crippen LogP contribution is 2.40. The van der Waals surface area contributed by atoms with Crippen molar-refractivity contribution in [2.45, 2.75) is 18.3 Å². The van der Waals surface area contributed by atoms with Gasteiger partial charge in [0.2, 0.25) is 0 Å². The summed E-state index contributed by atoms with van der Waals surface area (Å²) in [6.45, 7) is 1.13. The number of carbonyl (C=O) groups excluding carboxylic acids is 3. The minimum atomic E-state index is -1.41. The van der Waals surface area contributed by atoms with Crippen molar-refractivity contribution in [1.82, 2.24) is 15.2 Å². The maximum absolute atomic E-state index is 12.6. The molecule has 1 fully saturated rings. The Hall–Kier alpha value is -3.13. The van der Waals surface area contributed by atoms with Gasteiger partial charge in [0.25, 0.3) is 11.8 Å². The molecular formula is C15H15N5O7S2. The molecule has 12 nitrogen and oxygen atoms in total. The molecule has 0 aliphatic carbocycles. The van der Waals surface area contributed by atoms with E-state index in [0.29, 0.717) is 0 Å². The third-order valence-corrected chi connectivity index (χ3v) is 5.78. The van der Waals surface area contributed by atoms with Crippen LogP contribution < -0.4 is 11.1 Å². The molecule has 2 amide bonds. The number of carbonyl (C=O) groups is 4. The number of aliphatic carboxylic acids is 1.